The zero-order valence-electron chi connectivity index (χ0n) is 9.77. The van der Waals surface area contributed by atoms with E-state index in [1.807, 2.05) is 6.07 Å². The van der Waals surface area contributed by atoms with Gasteiger partial charge in [0.25, 0.3) is 5.19 Å². The van der Waals surface area contributed by atoms with Gasteiger partial charge in [0.05, 0.1) is 6.20 Å². The van der Waals surface area contributed by atoms with Crippen LogP contribution in [0.5, 0.6) is 10.9 Å². The van der Waals surface area contributed by atoms with Crippen LogP contribution in [0.15, 0.2) is 22.9 Å². The van der Waals surface area contributed by atoms with E-state index in [-0.39, 0.29) is 5.41 Å². The van der Waals surface area contributed by atoms with Gasteiger partial charge in [-0.25, -0.2) is 0 Å². The second-order valence-electron chi connectivity index (χ2n) is 4.57. The van der Waals surface area contributed by atoms with Crippen LogP contribution in [0.1, 0.15) is 26.6 Å². The van der Waals surface area contributed by atoms with Crippen molar-refractivity contribution in [2.24, 2.45) is 0 Å². The normalized spacial score (nSPS) is 11.5. The van der Waals surface area contributed by atoms with Gasteiger partial charge in [-0.1, -0.05) is 20.8 Å². The van der Waals surface area contributed by atoms with Gasteiger partial charge in [0.1, 0.15) is 5.75 Å². The third-order valence-corrected chi connectivity index (χ3v) is 2.99. The number of pyridine rings is 1. The topological polar surface area (TPSA) is 47.9 Å². The first-order valence-electron chi connectivity index (χ1n) is 5.08. The fraction of sp³-hybridized carbons (Fsp3) is 0.364. The number of halogens is 1. The van der Waals surface area contributed by atoms with Crippen LogP contribution in [0, 0.1) is 0 Å². The Labute approximate surface area is 112 Å². The van der Waals surface area contributed by atoms with Gasteiger partial charge in [-0.05, 0) is 22.0 Å². The maximum Gasteiger partial charge on any atom is 0.298 e. The van der Waals surface area contributed by atoms with Crippen molar-refractivity contribution >= 4 is 27.5 Å². The molecule has 0 radical (unpaired) electrons. The predicted octanol–water partition coefficient (Wildman–Crippen LogP) is 3.79. The molecule has 90 valence electrons. The number of aromatic nitrogens is 3. The second-order valence-corrected chi connectivity index (χ2v) is 6.20. The average molecular weight is 314 g/mol. The molecule has 0 aliphatic heterocycles. The summed E-state index contributed by atoms with van der Waals surface area (Å²) in [5.41, 5.74) is -0.0619. The van der Waals surface area contributed by atoms with Crippen molar-refractivity contribution in [3.05, 3.63) is 28.8 Å². The smallest absolute Gasteiger partial charge is 0.298 e. The highest BCUT2D eigenvalue weighted by Gasteiger charge is 2.20. The van der Waals surface area contributed by atoms with Crippen molar-refractivity contribution in [3.8, 4) is 10.9 Å². The standard InChI is InChI=1S/C11H12BrN3OS/c1-11(2,3)9-14-10(17-15-9)16-8-4-7(12)5-13-6-8/h4-6H,1-3H3. The zero-order chi connectivity index (χ0) is 12.5. The second kappa shape index (κ2) is 4.70. The van der Waals surface area contributed by atoms with E-state index in [2.05, 4.69) is 51.0 Å². The number of rotatable bonds is 2. The van der Waals surface area contributed by atoms with Crippen LogP contribution in [0.2, 0.25) is 0 Å². The average Bonchev–Trinajstić information content (AvgIpc) is 2.65. The highest BCUT2D eigenvalue weighted by Crippen LogP contribution is 2.28. The molecule has 2 aromatic rings. The van der Waals surface area contributed by atoms with E-state index in [4.69, 9.17) is 4.74 Å². The summed E-state index contributed by atoms with van der Waals surface area (Å²) in [6, 6.07) is 1.84. The number of hydrogen-bond donors (Lipinski definition) is 0. The Balaban J connectivity index is 2.17. The van der Waals surface area contributed by atoms with Crippen LogP contribution < -0.4 is 4.74 Å². The lowest BCUT2D eigenvalue weighted by molar-refractivity contribution is 0.466. The van der Waals surface area contributed by atoms with E-state index in [0.717, 1.165) is 10.3 Å². The molecule has 2 aromatic heterocycles. The molecule has 0 N–H and O–H groups in total. The molecule has 0 amide bonds. The van der Waals surface area contributed by atoms with Gasteiger partial charge in [-0.2, -0.15) is 9.36 Å². The first-order chi connectivity index (χ1) is 7.95. The maximum absolute atomic E-state index is 5.59. The van der Waals surface area contributed by atoms with Crippen molar-refractivity contribution < 1.29 is 4.74 Å². The summed E-state index contributed by atoms with van der Waals surface area (Å²) in [4.78, 5) is 8.37. The molecule has 6 heteroatoms. The van der Waals surface area contributed by atoms with Crippen molar-refractivity contribution in [2.75, 3.05) is 0 Å². The molecule has 0 aromatic carbocycles. The number of nitrogens with zero attached hydrogens (tertiary/aromatic N) is 3. The SMILES string of the molecule is CC(C)(C)c1nsc(Oc2cncc(Br)c2)n1. The Kier molecular flexibility index (Phi) is 3.44. The third-order valence-electron chi connectivity index (χ3n) is 1.96. The fourth-order valence-corrected chi connectivity index (χ4v) is 2.19. The van der Waals surface area contributed by atoms with Gasteiger partial charge in [0.15, 0.2) is 5.82 Å². The largest absolute Gasteiger partial charge is 0.428 e. The minimum Gasteiger partial charge on any atom is -0.428 e. The van der Waals surface area contributed by atoms with Crippen molar-refractivity contribution in [2.45, 2.75) is 26.2 Å². The van der Waals surface area contributed by atoms with Crippen LogP contribution in [-0.2, 0) is 5.41 Å². The van der Waals surface area contributed by atoms with Gasteiger partial charge in [-0.3, -0.25) is 4.98 Å². The van der Waals surface area contributed by atoms with Crippen molar-refractivity contribution in [3.63, 3.8) is 0 Å². The molecule has 2 rings (SSSR count). The highest BCUT2D eigenvalue weighted by atomic mass is 79.9. The summed E-state index contributed by atoms with van der Waals surface area (Å²) in [6.45, 7) is 6.21. The highest BCUT2D eigenvalue weighted by molar-refractivity contribution is 9.10. The lowest BCUT2D eigenvalue weighted by Crippen LogP contribution is -2.12. The molecule has 0 atom stereocenters. The zero-order valence-corrected chi connectivity index (χ0v) is 12.2. The first-order valence-corrected chi connectivity index (χ1v) is 6.64. The summed E-state index contributed by atoms with van der Waals surface area (Å²) >= 11 is 4.59. The summed E-state index contributed by atoms with van der Waals surface area (Å²) < 4.78 is 10.7. The first kappa shape index (κ1) is 12.4. The van der Waals surface area contributed by atoms with Crippen LogP contribution >= 0.6 is 27.5 Å². The molecule has 4 nitrogen and oxygen atoms in total. The number of ether oxygens (including phenoxy) is 1. The summed E-state index contributed by atoms with van der Waals surface area (Å²) in [5, 5.41) is 0.537. The molecule has 0 aliphatic carbocycles. The summed E-state index contributed by atoms with van der Waals surface area (Å²) in [6.07, 6.45) is 3.34. The molecule has 0 saturated carbocycles. The minimum absolute atomic E-state index is 0.0619. The molecular weight excluding hydrogens is 302 g/mol. The molecule has 17 heavy (non-hydrogen) atoms. The van der Waals surface area contributed by atoms with Crippen LogP contribution in [0.25, 0.3) is 0 Å². The quantitative estimate of drug-likeness (QED) is 0.846. The van der Waals surface area contributed by atoms with Crippen molar-refractivity contribution in [1.29, 1.82) is 0 Å². The Bertz CT molecular complexity index is 521. The van der Waals surface area contributed by atoms with Crippen LogP contribution in [0.4, 0.5) is 0 Å². The van der Waals surface area contributed by atoms with E-state index < -0.39 is 0 Å². The van der Waals surface area contributed by atoms with Crippen LogP contribution in [0.3, 0.4) is 0 Å². The van der Waals surface area contributed by atoms with Gasteiger partial charge in [-0.15, -0.1) is 0 Å². The Morgan fingerprint density at radius 1 is 1.29 bits per heavy atom. The predicted molar refractivity (Wildman–Crippen MR) is 70.6 cm³/mol. The molecule has 0 bridgehead atoms. The lowest BCUT2D eigenvalue weighted by atomic mass is 9.96. The minimum atomic E-state index is -0.0619. The van der Waals surface area contributed by atoms with Crippen LogP contribution in [-0.4, -0.2) is 14.3 Å². The van der Waals surface area contributed by atoms with Gasteiger partial charge < -0.3 is 4.74 Å². The summed E-state index contributed by atoms with van der Waals surface area (Å²) in [7, 11) is 0. The molecule has 0 spiro atoms. The monoisotopic (exact) mass is 313 g/mol. The van der Waals surface area contributed by atoms with E-state index in [1.165, 1.54) is 11.5 Å². The van der Waals surface area contributed by atoms with Gasteiger partial charge >= 0.3 is 0 Å². The van der Waals surface area contributed by atoms with Gasteiger partial charge in [0.2, 0.25) is 0 Å². The maximum atomic E-state index is 5.59. The van der Waals surface area contributed by atoms with Crippen molar-refractivity contribution in [1.82, 2.24) is 14.3 Å². The van der Waals surface area contributed by atoms with E-state index >= 15 is 0 Å². The van der Waals surface area contributed by atoms with E-state index in [0.29, 0.717) is 10.9 Å². The summed E-state index contributed by atoms with van der Waals surface area (Å²) in [5.74, 6) is 1.44. The Morgan fingerprint density at radius 2 is 2.06 bits per heavy atom. The number of hydrogen-bond acceptors (Lipinski definition) is 5. The van der Waals surface area contributed by atoms with E-state index in [1.54, 1.807) is 12.4 Å². The molecular formula is C11H12BrN3OS. The van der Waals surface area contributed by atoms with E-state index in [9.17, 15) is 0 Å². The molecule has 0 aliphatic rings. The van der Waals surface area contributed by atoms with Gasteiger partial charge in [0, 0.05) is 27.6 Å². The third kappa shape index (κ3) is 3.23. The molecule has 0 unspecified atom stereocenters. The Hall–Kier alpha value is -1.01. The fourth-order valence-electron chi connectivity index (χ4n) is 1.10. The Morgan fingerprint density at radius 3 is 2.65 bits per heavy atom. The molecule has 2 heterocycles. The molecule has 0 fully saturated rings. The lowest BCUT2D eigenvalue weighted by Gasteiger charge is -2.11. The molecule has 0 saturated heterocycles.